The van der Waals surface area contributed by atoms with E-state index in [2.05, 4.69) is 41.3 Å². The first kappa shape index (κ1) is 26.3. The lowest BCUT2D eigenvalue weighted by atomic mass is 9.96. The summed E-state index contributed by atoms with van der Waals surface area (Å²) in [6.45, 7) is 0. The lowest BCUT2D eigenvalue weighted by Gasteiger charge is -2.30. The van der Waals surface area contributed by atoms with Gasteiger partial charge in [0.15, 0.2) is 0 Å². The number of unbranched alkanes of at least 4 members (excludes halogenated alkanes) is 1. The maximum Gasteiger partial charge on any atom is 0.141 e. The van der Waals surface area contributed by atoms with Crippen LogP contribution in [0.3, 0.4) is 0 Å². The van der Waals surface area contributed by atoms with E-state index in [1.807, 2.05) is 42.5 Å². The Morgan fingerprint density at radius 1 is 0.895 bits per heavy atom. The van der Waals surface area contributed by atoms with E-state index in [0.717, 1.165) is 52.4 Å². The Morgan fingerprint density at radius 2 is 1.61 bits per heavy atom. The maximum atomic E-state index is 13.2. The third-order valence-corrected chi connectivity index (χ3v) is 8.69. The minimum atomic E-state index is -0.205. The second kappa shape index (κ2) is 12.0. The molecule has 194 valence electrons. The van der Waals surface area contributed by atoms with Crippen molar-refractivity contribution in [2.24, 2.45) is 0 Å². The molecule has 0 unspecified atom stereocenters. The number of aryl methyl sites for hydroxylation is 1. The molecule has 0 aliphatic carbocycles. The maximum absolute atomic E-state index is 13.2. The zero-order chi connectivity index (χ0) is 26.5. The van der Waals surface area contributed by atoms with Crippen LogP contribution in [0.5, 0.6) is 11.5 Å². The van der Waals surface area contributed by atoms with E-state index in [4.69, 9.17) is 17.0 Å². The second-order valence-electron chi connectivity index (χ2n) is 9.45. The number of anilines is 1. The van der Waals surface area contributed by atoms with Crippen molar-refractivity contribution in [1.29, 1.82) is 0 Å². The molecule has 1 aliphatic heterocycles. The van der Waals surface area contributed by atoms with Crippen molar-refractivity contribution < 1.29 is 14.2 Å². The van der Waals surface area contributed by atoms with Gasteiger partial charge in [0.2, 0.25) is 0 Å². The average Bonchev–Trinajstić information content (AvgIpc) is 3.27. The van der Waals surface area contributed by atoms with Gasteiger partial charge >= 0.3 is 0 Å². The molecule has 3 nitrogen and oxygen atoms in total. The smallest absolute Gasteiger partial charge is 0.141 e. The molecule has 1 saturated heterocycles. The Balaban J connectivity index is 1.38. The predicted octanol–water partition coefficient (Wildman–Crippen LogP) is 8.57. The largest absolute Gasteiger partial charge is 0.507 e. The highest BCUT2D eigenvalue weighted by Gasteiger charge is 2.41. The van der Waals surface area contributed by atoms with E-state index in [1.165, 1.54) is 17.7 Å². The van der Waals surface area contributed by atoms with Crippen molar-refractivity contribution in [3.8, 4) is 22.6 Å². The van der Waals surface area contributed by atoms with Gasteiger partial charge in [-0.1, -0.05) is 85.0 Å². The highest BCUT2D eigenvalue weighted by Crippen LogP contribution is 2.49. The third-order valence-electron chi connectivity index (χ3n) is 7.01. The highest BCUT2D eigenvalue weighted by atomic mass is 32.2. The molecule has 1 fully saturated rings. The van der Waals surface area contributed by atoms with Crippen molar-refractivity contribution in [2.45, 2.75) is 37.0 Å². The first-order valence-electron chi connectivity index (χ1n) is 12.8. The first-order chi connectivity index (χ1) is 18.5. The molecule has 4 aromatic rings. The van der Waals surface area contributed by atoms with Gasteiger partial charge in [-0.3, -0.25) is 0 Å². The molecule has 1 N–H and O–H groups in total. The van der Waals surface area contributed by atoms with Crippen molar-refractivity contribution in [3.63, 3.8) is 0 Å². The zero-order valence-electron chi connectivity index (χ0n) is 21.2. The van der Waals surface area contributed by atoms with Gasteiger partial charge in [-0.15, -0.1) is 0 Å². The number of thiocarbonyl (C=S) groups is 1. The Hall–Kier alpha value is -3.35. The number of ether oxygens (including phenoxy) is 1. The minimum absolute atomic E-state index is 0.105. The second-order valence-corrected chi connectivity index (χ2v) is 11.3. The number of thioether (sulfide) groups is 1. The molecule has 4 aromatic carbocycles. The highest BCUT2D eigenvalue weighted by molar-refractivity contribution is 8.24. The predicted molar refractivity (Wildman–Crippen MR) is 160 cm³/mol. The molecule has 0 radical (unpaired) electrons. The van der Waals surface area contributed by atoms with Crippen LogP contribution in [0.25, 0.3) is 11.1 Å². The van der Waals surface area contributed by atoms with Crippen LogP contribution in [0.1, 0.15) is 36.4 Å². The van der Waals surface area contributed by atoms with Crippen molar-refractivity contribution >= 4 is 34.0 Å². The van der Waals surface area contributed by atoms with E-state index in [1.54, 1.807) is 24.9 Å². The van der Waals surface area contributed by atoms with E-state index < -0.39 is 0 Å². The van der Waals surface area contributed by atoms with Gasteiger partial charge in [-0.05, 0) is 72.4 Å². The van der Waals surface area contributed by atoms with Crippen LogP contribution in [0.4, 0.5) is 10.1 Å². The number of hydrogen-bond acceptors (Lipinski definition) is 4. The SMILES string of the molecule is COc1ccc([C@@H]2[C@@H](CCCCc3ccc(F)cc3)SC(=S)N2c2ccc(-c3ccccc3)cc2)c(O)c1. The fourth-order valence-corrected chi connectivity index (χ4v) is 6.89. The van der Waals surface area contributed by atoms with Gasteiger partial charge < -0.3 is 14.7 Å². The van der Waals surface area contributed by atoms with Gasteiger partial charge in [0, 0.05) is 22.6 Å². The first-order valence-corrected chi connectivity index (χ1v) is 14.1. The van der Waals surface area contributed by atoms with Crippen LogP contribution in [0.2, 0.25) is 0 Å². The number of nitrogens with zero attached hydrogens (tertiary/aromatic N) is 1. The third kappa shape index (κ3) is 5.87. The summed E-state index contributed by atoms with van der Waals surface area (Å²) in [6, 6.07) is 30.9. The van der Waals surface area contributed by atoms with Gasteiger partial charge in [0.05, 0.1) is 13.2 Å². The lowest BCUT2D eigenvalue weighted by Crippen LogP contribution is -2.29. The standard InChI is InChI=1S/C32H30FNO2S2/c1-36-27-19-20-28(29(35)21-27)31-30(10-6-5-7-22-11-15-25(33)16-12-22)38-32(37)34(31)26-17-13-24(14-18-26)23-8-3-2-4-9-23/h2-4,8-9,11-21,30-31,35H,5-7,10H2,1H3/t30-,31-/m1/s1. The Labute approximate surface area is 233 Å². The molecule has 2 atom stereocenters. The van der Waals surface area contributed by atoms with Gasteiger partial charge in [-0.25, -0.2) is 4.39 Å². The van der Waals surface area contributed by atoms with Crippen molar-refractivity contribution in [1.82, 2.24) is 0 Å². The van der Waals surface area contributed by atoms with E-state index >= 15 is 0 Å². The lowest BCUT2D eigenvalue weighted by molar-refractivity contribution is 0.405. The molecule has 1 aliphatic rings. The van der Waals surface area contributed by atoms with Crippen LogP contribution in [-0.4, -0.2) is 21.8 Å². The van der Waals surface area contributed by atoms with Crippen LogP contribution in [-0.2, 0) is 6.42 Å². The molecule has 0 aromatic heterocycles. The quantitative estimate of drug-likeness (QED) is 0.169. The minimum Gasteiger partial charge on any atom is -0.507 e. The fraction of sp³-hybridized carbons (Fsp3) is 0.219. The van der Waals surface area contributed by atoms with E-state index in [9.17, 15) is 9.50 Å². The van der Waals surface area contributed by atoms with Gasteiger partial charge in [0.25, 0.3) is 0 Å². The molecule has 6 heteroatoms. The number of aromatic hydroxyl groups is 1. The van der Waals surface area contributed by atoms with E-state index in [-0.39, 0.29) is 22.9 Å². The molecule has 1 heterocycles. The summed E-state index contributed by atoms with van der Waals surface area (Å²) in [6.07, 6.45) is 3.86. The van der Waals surface area contributed by atoms with Gasteiger partial charge in [0.1, 0.15) is 21.6 Å². The summed E-state index contributed by atoms with van der Waals surface area (Å²) < 4.78 is 19.4. The average molecular weight is 544 g/mol. The number of benzene rings is 4. The topological polar surface area (TPSA) is 32.7 Å². The zero-order valence-corrected chi connectivity index (χ0v) is 22.9. The Morgan fingerprint density at radius 3 is 2.29 bits per heavy atom. The number of phenols is 1. The van der Waals surface area contributed by atoms with Crippen LogP contribution in [0.15, 0.2) is 97.1 Å². The van der Waals surface area contributed by atoms with Crippen molar-refractivity contribution in [2.75, 3.05) is 12.0 Å². The normalized spacial score (nSPS) is 17.1. The van der Waals surface area contributed by atoms with Crippen molar-refractivity contribution in [3.05, 3.63) is 114 Å². The number of rotatable bonds is 9. The summed E-state index contributed by atoms with van der Waals surface area (Å²) in [4.78, 5) is 2.18. The van der Waals surface area contributed by atoms with Crippen LogP contribution >= 0.6 is 24.0 Å². The number of halogens is 1. The number of phenolic OH excluding ortho intramolecular Hbond substituents is 1. The fourth-order valence-electron chi connectivity index (χ4n) is 5.02. The molecule has 0 bridgehead atoms. The van der Waals surface area contributed by atoms with Crippen LogP contribution in [0, 0.1) is 5.82 Å². The molecule has 38 heavy (non-hydrogen) atoms. The van der Waals surface area contributed by atoms with E-state index in [0.29, 0.717) is 5.75 Å². The van der Waals surface area contributed by atoms with Gasteiger partial charge in [-0.2, -0.15) is 0 Å². The molecular weight excluding hydrogens is 513 g/mol. The number of hydrogen-bond donors (Lipinski definition) is 1. The number of methoxy groups -OCH3 is 1. The Kier molecular flexibility index (Phi) is 8.30. The van der Waals surface area contributed by atoms with Crippen LogP contribution < -0.4 is 9.64 Å². The summed E-state index contributed by atoms with van der Waals surface area (Å²) in [7, 11) is 1.60. The molecule has 5 rings (SSSR count). The summed E-state index contributed by atoms with van der Waals surface area (Å²) in [5.41, 5.74) is 5.31. The Bertz CT molecular complexity index is 1380. The summed E-state index contributed by atoms with van der Waals surface area (Å²) in [5, 5.41) is 11.2. The molecule has 0 amide bonds. The molecule has 0 spiro atoms. The molecular formula is C32H30FNO2S2. The monoisotopic (exact) mass is 543 g/mol. The molecule has 0 saturated carbocycles. The summed E-state index contributed by atoms with van der Waals surface area (Å²) in [5.74, 6) is 0.625. The summed E-state index contributed by atoms with van der Waals surface area (Å²) >= 11 is 7.61.